The highest BCUT2D eigenvalue weighted by Gasteiger charge is 2.50. The molecule has 0 fully saturated rings. The Balaban J connectivity index is 1.61. The first-order valence-corrected chi connectivity index (χ1v) is 12.3. The predicted molar refractivity (Wildman–Crippen MR) is 138 cm³/mol. The molecule has 1 spiro atoms. The lowest BCUT2D eigenvalue weighted by molar-refractivity contribution is 0.722. The lowest BCUT2D eigenvalue weighted by Crippen LogP contribution is -2.31. The Morgan fingerprint density at radius 1 is 0.485 bits per heavy atom. The standard InChI is InChI=1S/C31H19ClS/c32-22-15-17-28-30(19-22)33-29-13-7-6-12-27(29)31(28)25-11-5-4-10-23(25)24-18-21(14-16-26(24)31)20-8-2-1-3-9-20/h1-19H. The van der Waals surface area contributed by atoms with E-state index in [1.165, 1.54) is 54.3 Å². The van der Waals surface area contributed by atoms with Crippen molar-refractivity contribution < 1.29 is 0 Å². The molecule has 5 aromatic carbocycles. The molecule has 2 heteroatoms. The molecule has 1 unspecified atom stereocenters. The molecule has 33 heavy (non-hydrogen) atoms. The number of hydrogen-bond acceptors (Lipinski definition) is 1. The van der Waals surface area contributed by atoms with Crippen molar-refractivity contribution in [1.29, 1.82) is 0 Å². The van der Waals surface area contributed by atoms with Gasteiger partial charge in [0.25, 0.3) is 0 Å². The van der Waals surface area contributed by atoms with Crippen LogP contribution in [0.1, 0.15) is 22.3 Å². The maximum absolute atomic E-state index is 6.47. The van der Waals surface area contributed by atoms with Crippen LogP contribution in [0.5, 0.6) is 0 Å². The van der Waals surface area contributed by atoms with Crippen LogP contribution in [0, 0.1) is 0 Å². The molecule has 1 atom stereocenters. The zero-order valence-corrected chi connectivity index (χ0v) is 19.3. The second-order valence-corrected chi connectivity index (χ2v) is 10.2. The van der Waals surface area contributed by atoms with Crippen molar-refractivity contribution >= 4 is 23.4 Å². The van der Waals surface area contributed by atoms with Crippen molar-refractivity contribution in [3.63, 3.8) is 0 Å². The molecule has 1 heterocycles. The second-order valence-electron chi connectivity index (χ2n) is 8.66. The topological polar surface area (TPSA) is 0 Å². The molecule has 5 aromatic rings. The fraction of sp³-hybridized carbons (Fsp3) is 0.0323. The van der Waals surface area contributed by atoms with E-state index < -0.39 is 0 Å². The molecule has 0 saturated carbocycles. The van der Waals surface area contributed by atoms with Crippen LogP contribution >= 0.6 is 23.4 Å². The van der Waals surface area contributed by atoms with Crippen molar-refractivity contribution in [3.8, 4) is 22.3 Å². The summed E-state index contributed by atoms with van der Waals surface area (Å²) >= 11 is 8.30. The predicted octanol–water partition coefficient (Wildman–Crippen LogP) is 8.83. The minimum absolute atomic E-state index is 0.344. The highest BCUT2D eigenvalue weighted by molar-refractivity contribution is 7.99. The normalized spacial score (nSPS) is 17.2. The van der Waals surface area contributed by atoms with E-state index in [9.17, 15) is 0 Å². The molecule has 0 bridgehead atoms. The van der Waals surface area contributed by atoms with E-state index >= 15 is 0 Å². The zero-order chi connectivity index (χ0) is 22.0. The SMILES string of the molecule is Clc1ccc2c(c1)Sc1ccccc1C21c2ccccc2-c2cc(-c3ccccc3)ccc21. The molecular formula is C31H19ClS. The van der Waals surface area contributed by atoms with Gasteiger partial charge in [-0.05, 0) is 68.8 Å². The van der Waals surface area contributed by atoms with E-state index in [1.54, 1.807) is 0 Å². The van der Waals surface area contributed by atoms with Crippen molar-refractivity contribution in [2.24, 2.45) is 0 Å². The smallest absolute Gasteiger partial charge is 0.0735 e. The first-order valence-electron chi connectivity index (χ1n) is 11.1. The number of hydrogen-bond donors (Lipinski definition) is 0. The Labute approximate surface area is 202 Å². The van der Waals surface area contributed by atoms with Gasteiger partial charge < -0.3 is 0 Å². The number of halogens is 1. The first-order chi connectivity index (χ1) is 16.3. The van der Waals surface area contributed by atoms with Crippen molar-refractivity contribution in [3.05, 3.63) is 143 Å². The maximum atomic E-state index is 6.47. The van der Waals surface area contributed by atoms with Crippen molar-refractivity contribution in [1.82, 2.24) is 0 Å². The minimum Gasteiger partial charge on any atom is -0.0894 e. The average Bonchev–Trinajstić information content (AvgIpc) is 3.15. The number of benzene rings is 5. The third-order valence-corrected chi connectivity index (χ3v) is 8.38. The van der Waals surface area contributed by atoms with Crippen LogP contribution in [0.25, 0.3) is 22.3 Å². The van der Waals surface area contributed by atoms with Gasteiger partial charge in [-0.15, -0.1) is 0 Å². The Bertz CT molecular complexity index is 1550. The summed E-state index contributed by atoms with van der Waals surface area (Å²) in [7, 11) is 0. The molecule has 0 amide bonds. The summed E-state index contributed by atoms with van der Waals surface area (Å²) < 4.78 is 0. The minimum atomic E-state index is -0.344. The van der Waals surface area contributed by atoms with E-state index in [0.717, 1.165) is 5.02 Å². The van der Waals surface area contributed by atoms with Gasteiger partial charge in [0.1, 0.15) is 0 Å². The van der Waals surface area contributed by atoms with Crippen LogP contribution in [-0.2, 0) is 5.41 Å². The fourth-order valence-corrected chi connectivity index (χ4v) is 7.16. The highest BCUT2D eigenvalue weighted by Crippen LogP contribution is 2.62. The summed E-state index contributed by atoms with van der Waals surface area (Å²) in [6.45, 7) is 0. The van der Waals surface area contributed by atoms with Crippen LogP contribution in [0.4, 0.5) is 0 Å². The van der Waals surface area contributed by atoms with E-state index in [-0.39, 0.29) is 5.41 Å². The summed E-state index contributed by atoms with van der Waals surface area (Å²) in [6.07, 6.45) is 0. The molecular weight excluding hydrogens is 440 g/mol. The quantitative estimate of drug-likeness (QED) is 0.237. The molecule has 0 radical (unpaired) electrons. The van der Waals surface area contributed by atoms with E-state index in [0.29, 0.717) is 0 Å². The van der Waals surface area contributed by atoms with Gasteiger partial charge in [0.2, 0.25) is 0 Å². The van der Waals surface area contributed by atoms with Crippen LogP contribution in [0.15, 0.2) is 125 Å². The largest absolute Gasteiger partial charge is 0.0894 e. The van der Waals surface area contributed by atoms with Gasteiger partial charge in [0.05, 0.1) is 5.41 Å². The van der Waals surface area contributed by atoms with Gasteiger partial charge in [-0.25, -0.2) is 0 Å². The highest BCUT2D eigenvalue weighted by atomic mass is 35.5. The first kappa shape index (κ1) is 19.2. The molecule has 7 rings (SSSR count). The molecule has 2 aliphatic rings. The van der Waals surface area contributed by atoms with Gasteiger partial charge >= 0.3 is 0 Å². The van der Waals surface area contributed by atoms with Crippen LogP contribution in [0.3, 0.4) is 0 Å². The Kier molecular flexibility index (Phi) is 4.15. The van der Waals surface area contributed by atoms with Crippen LogP contribution in [0.2, 0.25) is 5.02 Å². The van der Waals surface area contributed by atoms with Crippen molar-refractivity contribution in [2.45, 2.75) is 15.2 Å². The zero-order valence-electron chi connectivity index (χ0n) is 17.8. The summed E-state index contributed by atoms with van der Waals surface area (Å²) in [5, 5.41) is 0.779. The molecule has 0 nitrogen and oxygen atoms in total. The molecule has 1 aliphatic carbocycles. The Morgan fingerprint density at radius 3 is 2.03 bits per heavy atom. The van der Waals surface area contributed by atoms with Gasteiger partial charge in [-0.2, -0.15) is 0 Å². The Morgan fingerprint density at radius 2 is 1.15 bits per heavy atom. The summed E-state index contributed by atoms with van der Waals surface area (Å²) in [5.41, 5.74) is 10.1. The average molecular weight is 459 g/mol. The van der Waals surface area contributed by atoms with Crippen LogP contribution < -0.4 is 0 Å². The monoisotopic (exact) mass is 458 g/mol. The number of rotatable bonds is 1. The summed E-state index contributed by atoms with van der Waals surface area (Å²) in [5.74, 6) is 0. The summed E-state index contributed by atoms with van der Waals surface area (Å²) in [4.78, 5) is 2.53. The van der Waals surface area contributed by atoms with Gasteiger partial charge in [0.15, 0.2) is 0 Å². The molecule has 156 valence electrons. The van der Waals surface area contributed by atoms with Crippen LogP contribution in [-0.4, -0.2) is 0 Å². The lowest BCUT2D eigenvalue weighted by Gasteiger charge is -2.39. The summed E-state index contributed by atoms with van der Waals surface area (Å²) in [6, 6.07) is 41.8. The van der Waals surface area contributed by atoms with Gasteiger partial charge in [-0.1, -0.05) is 114 Å². The molecule has 0 saturated heterocycles. The van der Waals surface area contributed by atoms with E-state index in [1.807, 2.05) is 17.8 Å². The fourth-order valence-electron chi connectivity index (χ4n) is 5.69. The van der Waals surface area contributed by atoms with E-state index in [4.69, 9.17) is 11.6 Å². The number of fused-ring (bicyclic) bond motifs is 9. The molecule has 0 aromatic heterocycles. The third-order valence-electron chi connectivity index (χ3n) is 7.01. The molecule has 1 aliphatic heterocycles. The third kappa shape index (κ3) is 2.61. The Hall–Kier alpha value is -3.26. The second kappa shape index (κ2) is 7.12. The van der Waals surface area contributed by atoms with Crippen molar-refractivity contribution in [2.75, 3.05) is 0 Å². The maximum Gasteiger partial charge on any atom is 0.0735 e. The van der Waals surface area contributed by atoms with Gasteiger partial charge in [-0.3, -0.25) is 0 Å². The van der Waals surface area contributed by atoms with E-state index in [2.05, 4.69) is 109 Å². The molecule has 0 N–H and O–H groups in total. The lowest BCUT2D eigenvalue weighted by atomic mass is 9.67. The van der Waals surface area contributed by atoms with Gasteiger partial charge in [0, 0.05) is 14.8 Å².